The lowest BCUT2D eigenvalue weighted by molar-refractivity contribution is -0.126. The van der Waals surface area contributed by atoms with Crippen molar-refractivity contribution >= 4 is 5.91 Å². The highest BCUT2D eigenvalue weighted by Crippen LogP contribution is 2.18. The van der Waals surface area contributed by atoms with Crippen molar-refractivity contribution in [3.8, 4) is 0 Å². The number of amides is 1. The Morgan fingerprint density at radius 3 is 2.89 bits per heavy atom. The first-order valence-electron chi connectivity index (χ1n) is 7.33. The van der Waals surface area contributed by atoms with Crippen LogP contribution in [0.25, 0.3) is 0 Å². The van der Waals surface area contributed by atoms with Gasteiger partial charge in [-0.25, -0.2) is 0 Å². The van der Waals surface area contributed by atoms with Crippen LogP contribution in [0.2, 0.25) is 0 Å². The second-order valence-electron chi connectivity index (χ2n) is 5.35. The summed E-state index contributed by atoms with van der Waals surface area (Å²) in [7, 11) is 0. The first kappa shape index (κ1) is 14.1. The fourth-order valence-electron chi connectivity index (χ4n) is 2.65. The molecule has 1 N–H and O–H groups in total. The van der Waals surface area contributed by atoms with E-state index >= 15 is 0 Å². The number of carbonyl (C=O) groups is 1. The molecule has 1 atom stereocenters. The Labute approximate surface area is 116 Å². The Kier molecular flexibility index (Phi) is 5.40. The van der Waals surface area contributed by atoms with E-state index in [4.69, 9.17) is 0 Å². The van der Waals surface area contributed by atoms with E-state index < -0.39 is 0 Å². The zero-order valence-electron chi connectivity index (χ0n) is 11.8. The van der Waals surface area contributed by atoms with Crippen LogP contribution in [0.3, 0.4) is 0 Å². The molecule has 1 aliphatic heterocycles. The van der Waals surface area contributed by atoms with Gasteiger partial charge in [-0.2, -0.15) is 0 Å². The lowest BCUT2D eigenvalue weighted by Crippen LogP contribution is -2.42. The molecule has 0 radical (unpaired) electrons. The smallest absolute Gasteiger partial charge is 0.224 e. The Balaban J connectivity index is 1.85. The van der Waals surface area contributed by atoms with E-state index in [-0.39, 0.29) is 11.8 Å². The molecule has 0 bridgehead atoms. The van der Waals surface area contributed by atoms with Gasteiger partial charge < -0.3 is 5.32 Å². The van der Waals surface area contributed by atoms with Crippen LogP contribution in [0.1, 0.15) is 31.7 Å². The Morgan fingerprint density at radius 2 is 2.16 bits per heavy atom. The van der Waals surface area contributed by atoms with Crippen molar-refractivity contribution in [1.29, 1.82) is 0 Å². The molecular weight excluding hydrogens is 236 g/mol. The van der Waals surface area contributed by atoms with Crippen molar-refractivity contribution in [3.05, 3.63) is 35.9 Å². The van der Waals surface area contributed by atoms with Crippen LogP contribution in [0.4, 0.5) is 0 Å². The van der Waals surface area contributed by atoms with E-state index in [0.29, 0.717) is 0 Å². The standard InChI is InChI=1S/C16H24N2O/c1-2-10-17-16(19)15-9-6-11-18(13-15)12-14-7-4-3-5-8-14/h3-5,7-8,15H,2,6,9-13H2,1H3,(H,17,19)/t15-/m0/s1. The van der Waals surface area contributed by atoms with Crippen LogP contribution < -0.4 is 5.32 Å². The van der Waals surface area contributed by atoms with Gasteiger partial charge >= 0.3 is 0 Å². The molecule has 1 aromatic rings. The molecule has 19 heavy (non-hydrogen) atoms. The highest BCUT2D eigenvalue weighted by atomic mass is 16.1. The Morgan fingerprint density at radius 1 is 1.37 bits per heavy atom. The number of piperidine rings is 1. The third kappa shape index (κ3) is 4.35. The van der Waals surface area contributed by atoms with E-state index in [9.17, 15) is 4.79 Å². The van der Waals surface area contributed by atoms with Crippen molar-refractivity contribution < 1.29 is 4.79 Å². The summed E-state index contributed by atoms with van der Waals surface area (Å²) in [5, 5.41) is 3.02. The number of likely N-dealkylation sites (tertiary alicyclic amines) is 1. The predicted molar refractivity (Wildman–Crippen MR) is 77.7 cm³/mol. The van der Waals surface area contributed by atoms with Crippen molar-refractivity contribution in [2.75, 3.05) is 19.6 Å². The predicted octanol–water partition coefficient (Wildman–Crippen LogP) is 2.42. The molecule has 1 saturated heterocycles. The minimum absolute atomic E-state index is 0.170. The molecule has 0 aromatic heterocycles. The third-order valence-corrected chi connectivity index (χ3v) is 3.67. The van der Waals surface area contributed by atoms with Crippen LogP contribution in [0.5, 0.6) is 0 Å². The summed E-state index contributed by atoms with van der Waals surface area (Å²) in [6, 6.07) is 10.5. The molecule has 1 fully saturated rings. The largest absolute Gasteiger partial charge is 0.356 e. The van der Waals surface area contributed by atoms with Gasteiger partial charge in [0, 0.05) is 19.6 Å². The fraction of sp³-hybridized carbons (Fsp3) is 0.562. The van der Waals surface area contributed by atoms with Gasteiger partial charge in [-0.15, -0.1) is 0 Å². The molecule has 3 nitrogen and oxygen atoms in total. The van der Waals surface area contributed by atoms with Crippen LogP contribution in [-0.2, 0) is 11.3 Å². The fourth-order valence-corrected chi connectivity index (χ4v) is 2.65. The highest BCUT2D eigenvalue weighted by Gasteiger charge is 2.25. The summed E-state index contributed by atoms with van der Waals surface area (Å²) in [6.07, 6.45) is 3.16. The topological polar surface area (TPSA) is 32.3 Å². The lowest BCUT2D eigenvalue weighted by atomic mass is 9.96. The molecule has 0 saturated carbocycles. The molecule has 1 heterocycles. The number of rotatable bonds is 5. The van der Waals surface area contributed by atoms with E-state index in [1.807, 2.05) is 6.07 Å². The minimum Gasteiger partial charge on any atom is -0.356 e. The maximum absolute atomic E-state index is 12.0. The molecule has 1 aromatic carbocycles. The van der Waals surface area contributed by atoms with E-state index in [2.05, 4.69) is 41.4 Å². The summed E-state index contributed by atoms with van der Waals surface area (Å²) in [4.78, 5) is 14.4. The molecule has 0 spiro atoms. The third-order valence-electron chi connectivity index (χ3n) is 3.67. The molecule has 0 unspecified atom stereocenters. The maximum atomic E-state index is 12.0. The number of hydrogen-bond donors (Lipinski definition) is 1. The summed E-state index contributed by atoms with van der Waals surface area (Å²) in [6.45, 7) is 5.84. The van der Waals surface area contributed by atoms with Crippen molar-refractivity contribution in [2.45, 2.75) is 32.7 Å². The van der Waals surface area contributed by atoms with Gasteiger partial charge in [0.15, 0.2) is 0 Å². The average Bonchev–Trinajstić information content (AvgIpc) is 2.46. The molecule has 104 valence electrons. The van der Waals surface area contributed by atoms with E-state index in [0.717, 1.165) is 45.4 Å². The molecule has 1 amide bonds. The van der Waals surface area contributed by atoms with Gasteiger partial charge in [-0.1, -0.05) is 37.3 Å². The van der Waals surface area contributed by atoms with Crippen LogP contribution >= 0.6 is 0 Å². The van der Waals surface area contributed by atoms with Gasteiger partial charge in [0.05, 0.1) is 5.92 Å². The lowest BCUT2D eigenvalue weighted by Gasteiger charge is -2.32. The second kappa shape index (κ2) is 7.29. The summed E-state index contributed by atoms with van der Waals surface area (Å²) >= 11 is 0. The average molecular weight is 260 g/mol. The normalized spacial score (nSPS) is 20.2. The first-order chi connectivity index (χ1) is 9.29. The molecular formula is C16H24N2O. The molecule has 2 rings (SSSR count). The number of nitrogens with one attached hydrogen (secondary N) is 1. The molecule has 0 aliphatic carbocycles. The number of nitrogens with zero attached hydrogens (tertiary/aromatic N) is 1. The number of benzene rings is 1. The number of hydrogen-bond acceptors (Lipinski definition) is 2. The maximum Gasteiger partial charge on any atom is 0.224 e. The number of carbonyl (C=O) groups excluding carboxylic acids is 1. The van der Waals surface area contributed by atoms with Gasteiger partial charge in [0.25, 0.3) is 0 Å². The monoisotopic (exact) mass is 260 g/mol. The van der Waals surface area contributed by atoms with Crippen molar-refractivity contribution in [2.24, 2.45) is 5.92 Å². The summed E-state index contributed by atoms with van der Waals surface area (Å²) < 4.78 is 0. The van der Waals surface area contributed by atoms with Crippen LogP contribution in [0.15, 0.2) is 30.3 Å². The Hall–Kier alpha value is -1.35. The van der Waals surface area contributed by atoms with Gasteiger partial charge in [0.1, 0.15) is 0 Å². The Bertz CT molecular complexity index is 391. The summed E-state index contributed by atoms with van der Waals surface area (Å²) in [5.74, 6) is 0.406. The van der Waals surface area contributed by atoms with E-state index in [1.165, 1.54) is 5.56 Å². The van der Waals surface area contributed by atoms with Crippen molar-refractivity contribution in [1.82, 2.24) is 10.2 Å². The van der Waals surface area contributed by atoms with Gasteiger partial charge in [-0.05, 0) is 31.4 Å². The van der Waals surface area contributed by atoms with E-state index in [1.54, 1.807) is 0 Å². The highest BCUT2D eigenvalue weighted by molar-refractivity contribution is 5.78. The van der Waals surface area contributed by atoms with Crippen LogP contribution in [-0.4, -0.2) is 30.4 Å². The molecule has 3 heteroatoms. The quantitative estimate of drug-likeness (QED) is 0.882. The zero-order valence-corrected chi connectivity index (χ0v) is 11.8. The summed E-state index contributed by atoms with van der Waals surface area (Å²) in [5.41, 5.74) is 1.33. The zero-order chi connectivity index (χ0) is 13.5. The van der Waals surface area contributed by atoms with Crippen LogP contribution in [0, 0.1) is 5.92 Å². The second-order valence-corrected chi connectivity index (χ2v) is 5.35. The minimum atomic E-state index is 0.170. The molecule has 1 aliphatic rings. The first-order valence-corrected chi connectivity index (χ1v) is 7.33. The van der Waals surface area contributed by atoms with Gasteiger partial charge in [-0.3, -0.25) is 9.69 Å². The van der Waals surface area contributed by atoms with Crippen molar-refractivity contribution in [3.63, 3.8) is 0 Å². The van der Waals surface area contributed by atoms with Gasteiger partial charge in [0.2, 0.25) is 5.91 Å². The SMILES string of the molecule is CCCNC(=O)[C@H]1CCCN(Cc2ccccc2)C1.